The fourth-order valence-corrected chi connectivity index (χ4v) is 4.86. The normalized spacial score (nSPS) is 14.4. The van der Waals surface area contributed by atoms with E-state index in [1.165, 1.54) is 0 Å². The zero-order chi connectivity index (χ0) is 25.2. The number of fused-ring (bicyclic) bond motifs is 2. The highest BCUT2D eigenvalue weighted by atomic mass is 16.5. The first-order chi connectivity index (χ1) is 17.5. The van der Waals surface area contributed by atoms with Gasteiger partial charge in [-0.3, -0.25) is 9.36 Å². The van der Waals surface area contributed by atoms with Gasteiger partial charge in [-0.2, -0.15) is 4.98 Å². The Labute approximate surface area is 210 Å². The fourth-order valence-electron chi connectivity index (χ4n) is 4.86. The molecule has 0 atom stereocenters. The van der Waals surface area contributed by atoms with Gasteiger partial charge < -0.3 is 19.7 Å². The second kappa shape index (κ2) is 10.0. The average Bonchev–Trinajstić information content (AvgIpc) is 2.91. The minimum atomic E-state index is 0.0255. The van der Waals surface area contributed by atoms with Crippen LogP contribution in [0.4, 0.5) is 11.8 Å². The summed E-state index contributed by atoms with van der Waals surface area (Å²) in [5.41, 5.74) is 2.62. The summed E-state index contributed by atoms with van der Waals surface area (Å²) in [6.45, 7) is 6.42. The number of aromatic nitrogens is 4. The van der Waals surface area contributed by atoms with Crippen molar-refractivity contribution < 1.29 is 9.47 Å². The van der Waals surface area contributed by atoms with E-state index in [4.69, 9.17) is 19.4 Å². The first-order valence-electron chi connectivity index (χ1n) is 12.4. The molecular formula is C27H32N6O3. The molecule has 1 fully saturated rings. The van der Waals surface area contributed by atoms with Crippen molar-refractivity contribution in [2.45, 2.75) is 39.2 Å². The molecule has 0 spiro atoms. The number of aryl methyl sites for hydroxylation is 1. The number of benzene rings is 2. The minimum Gasteiger partial charge on any atom is -0.493 e. The molecular weight excluding hydrogens is 456 g/mol. The summed E-state index contributed by atoms with van der Waals surface area (Å²) >= 11 is 0. The van der Waals surface area contributed by atoms with Crippen molar-refractivity contribution in [3.63, 3.8) is 0 Å². The zero-order valence-electron chi connectivity index (χ0n) is 21.2. The summed E-state index contributed by atoms with van der Waals surface area (Å²) in [5, 5.41) is 4.91. The third-order valence-corrected chi connectivity index (χ3v) is 6.81. The van der Waals surface area contributed by atoms with Crippen LogP contribution in [-0.4, -0.2) is 53.4 Å². The van der Waals surface area contributed by atoms with Crippen molar-refractivity contribution in [2.24, 2.45) is 0 Å². The van der Waals surface area contributed by atoms with E-state index < -0.39 is 0 Å². The van der Waals surface area contributed by atoms with E-state index in [0.717, 1.165) is 66.7 Å². The van der Waals surface area contributed by atoms with Crippen LogP contribution in [0.5, 0.6) is 11.5 Å². The molecule has 9 heteroatoms. The number of methoxy groups -OCH3 is 2. The lowest BCUT2D eigenvalue weighted by atomic mass is 10.0. The maximum absolute atomic E-state index is 13.2. The average molecular weight is 489 g/mol. The van der Waals surface area contributed by atoms with E-state index in [1.807, 2.05) is 37.3 Å². The van der Waals surface area contributed by atoms with Gasteiger partial charge >= 0.3 is 0 Å². The first kappa shape index (κ1) is 23.8. The molecule has 1 aliphatic rings. The van der Waals surface area contributed by atoms with E-state index >= 15 is 0 Å². The Morgan fingerprint density at radius 3 is 2.47 bits per heavy atom. The number of nitrogens with one attached hydrogen (secondary N) is 1. The van der Waals surface area contributed by atoms with E-state index in [9.17, 15) is 4.79 Å². The van der Waals surface area contributed by atoms with Crippen LogP contribution >= 0.6 is 0 Å². The van der Waals surface area contributed by atoms with Gasteiger partial charge in [-0.15, -0.1) is 0 Å². The number of piperidine rings is 1. The van der Waals surface area contributed by atoms with E-state index in [2.05, 4.69) is 22.1 Å². The number of rotatable bonds is 7. The van der Waals surface area contributed by atoms with Crippen LogP contribution in [0.25, 0.3) is 21.8 Å². The van der Waals surface area contributed by atoms with Gasteiger partial charge in [0.05, 0.1) is 37.0 Å². The second-order valence-corrected chi connectivity index (χ2v) is 9.22. The van der Waals surface area contributed by atoms with Crippen LogP contribution < -0.4 is 25.2 Å². The molecule has 36 heavy (non-hydrogen) atoms. The van der Waals surface area contributed by atoms with Gasteiger partial charge in [-0.25, -0.2) is 9.97 Å². The number of hydrogen-bond donors (Lipinski definition) is 1. The second-order valence-electron chi connectivity index (χ2n) is 9.22. The Bertz CT molecular complexity index is 1460. The van der Waals surface area contributed by atoms with Gasteiger partial charge in [0.1, 0.15) is 5.82 Å². The van der Waals surface area contributed by atoms with Gasteiger partial charge in [-0.1, -0.05) is 18.6 Å². The lowest BCUT2D eigenvalue weighted by Crippen LogP contribution is -2.38. The van der Waals surface area contributed by atoms with Crippen LogP contribution in [0.15, 0.2) is 41.5 Å². The third-order valence-electron chi connectivity index (χ3n) is 6.81. The molecule has 0 unspecified atom stereocenters. The summed E-state index contributed by atoms with van der Waals surface area (Å²) in [6.07, 6.45) is 4.30. The summed E-state index contributed by atoms with van der Waals surface area (Å²) in [4.78, 5) is 29.7. The van der Waals surface area contributed by atoms with Gasteiger partial charge in [-0.05, 0) is 44.4 Å². The highest BCUT2D eigenvalue weighted by Gasteiger charge is 2.25. The molecule has 3 heterocycles. The van der Waals surface area contributed by atoms with Crippen molar-refractivity contribution in [1.82, 2.24) is 19.5 Å². The van der Waals surface area contributed by atoms with Gasteiger partial charge in [0, 0.05) is 37.1 Å². The molecule has 1 aliphatic heterocycles. The van der Waals surface area contributed by atoms with E-state index in [0.29, 0.717) is 22.8 Å². The molecule has 4 aromatic rings. The number of anilines is 2. The summed E-state index contributed by atoms with van der Waals surface area (Å²) in [6, 6.07) is 9.75. The summed E-state index contributed by atoms with van der Waals surface area (Å²) < 4.78 is 12.9. The van der Waals surface area contributed by atoms with Crippen molar-refractivity contribution in [1.29, 1.82) is 0 Å². The molecule has 0 bridgehead atoms. The standard InChI is InChI=1S/C27H32N6O3/c1-5-10-28-27-30-22-15-24(36-4)23(35-3)14-19(22)25(31-27)32-11-8-18(9-12-32)33-16-29-21-7-6-17(2)13-20(21)26(33)34/h6-7,13-16,18H,5,8-12H2,1-4H3,(H,28,30,31). The summed E-state index contributed by atoms with van der Waals surface area (Å²) in [7, 11) is 3.25. The maximum Gasteiger partial charge on any atom is 0.261 e. The maximum atomic E-state index is 13.2. The highest BCUT2D eigenvalue weighted by Crippen LogP contribution is 2.37. The monoisotopic (exact) mass is 488 g/mol. The Hall–Kier alpha value is -3.88. The van der Waals surface area contributed by atoms with Crippen LogP contribution in [0, 0.1) is 6.92 Å². The smallest absolute Gasteiger partial charge is 0.261 e. The quantitative estimate of drug-likeness (QED) is 0.411. The van der Waals surface area contributed by atoms with Crippen molar-refractivity contribution in [3.8, 4) is 11.5 Å². The SMILES string of the molecule is CCCNc1nc(N2CCC(n3cnc4ccc(C)cc4c3=O)CC2)c2cc(OC)c(OC)cc2n1. The number of ether oxygens (including phenoxy) is 2. The molecule has 0 saturated carbocycles. The molecule has 9 nitrogen and oxygen atoms in total. The minimum absolute atomic E-state index is 0.0255. The zero-order valence-corrected chi connectivity index (χ0v) is 21.2. The molecule has 0 radical (unpaired) electrons. The van der Waals surface area contributed by atoms with Crippen LogP contribution in [0.2, 0.25) is 0 Å². The van der Waals surface area contributed by atoms with Gasteiger partial charge in [0.25, 0.3) is 5.56 Å². The molecule has 2 aromatic carbocycles. The Balaban J connectivity index is 1.47. The fraction of sp³-hybridized carbons (Fsp3) is 0.407. The van der Waals surface area contributed by atoms with Crippen molar-refractivity contribution >= 4 is 33.6 Å². The molecule has 188 valence electrons. The molecule has 0 amide bonds. The van der Waals surface area contributed by atoms with Crippen LogP contribution in [0.1, 0.15) is 37.8 Å². The molecule has 0 aliphatic carbocycles. The van der Waals surface area contributed by atoms with Crippen LogP contribution in [-0.2, 0) is 0 Å². The van der Waals surface area contributed by atoms with Crippen molar-refractivity contribution in [2.75, 3.05) is 44.1 Å². The molecule has 5 rings (SSSR count). The lowest BCUT2D eigenvalue weighted by Gasteiger charge is -2.34. The van der Waals surface area contributed by atoms with Gasteiger partial charge in [0.2, 0.25) is 5.95 Å². The first-order valence-corrected chi connectivity index (χ1v) is 12.4. The Kier molecular flexibility index (Phi) is 6.63. The molecule has 1 N–H and O–H groups in total. The Morgan fingerprint density at radius 2 is 1.75 bits per heavy atom. The summed E-state index contributed by atoms with van der Waals surface area (Å²) in [5.74, 6) is 2.73. The van der Waals surface area contributed by atoms with Gasteiger partial charge in [0.15, 0.2) is 11.5 Å². The lowest BCUT2D eigenvalue weighted by molar-refractivity contribution is 0.355. The Morgan fingerprint density at radius 1 is 1.00 bits per heavy atom. The number of nitrogens with zero attached hydrogens (tertiary/aromatic N) is 5. The van der Waals surface area contributed by atoms with E-state index in [-0.39, 0.29) is 11.6 Å². The largest absolute Gasteiger partial charge is 0.493 e. The molecule has 2 aromatic heterocycles. The van der Waals surface area contributed by atoms with Crippen molar-refractivity contribution in [3.05, 3.63) is 52.6 Å². The number of hydrogen-bond acceptors (Lipinski definition) is 8. The topological polar surface area (TPSA) is 94.4 Å². The highest BCUT2D eigenvalue weighted by molar-refractivity contribution is 5.93. The molecule has 1 saturated heterocycles. The predicted octanol–water partition coefficient (Wildman–Crippen LogP) is 4.33. The van der Waals surface area contributed by atoms with E-state index in [1.54, 1.807) is 25.1 Å². The third kappa shape index (κ3) is 4.41. The predicted molar refractivity (Wildman–Crippen MR) is 143 cm³/mol. The van der Waals surface area contributed by atoms with Crippen LogP contribution in [0.3, 0.4) is 0 Å².